The van der Waals surface area contributed by atoms with Crippen LogP contribution in [0, 0.1) is 0 Å². The molecule has 4 heterocycles. The predicted octanol–water partition coefficient (Wildman–Crippen LogP) is -1.16. The number of aromatic nitrogens is 4. The molecule has 2 amide bonds. The molecule has 0 aliphatic carbocycles. The highest BCUT2D eigenvalue weighted by Crippen LogP contribution is 2.54. The Hall–Kier alpha value is -3.64. The lowest BCUT2D eigenvalue weighted by molar-refractivity contribution is -0.146. The van der Waals surface area contributed by atoms with Crippen molar-refractivity contribution in [2.75, 3.05) is 18.6 Å². The summed E-state index contributed by atoms with van der Waals surface area (Å²) in [5.41, 5.74) is 4.06. The number of carboxylic acid groups (broad SMARTS) is 1. The summed E-state index contributed by atoms with van der Waals surface area (Å²) in [6.07, 6.45) is 0.913. The first-order valence-electron chi connectivity index (χ1n) is 9.94. The first-order chi connectivity index (χ1) is 17.1. The maximum Gasteiger partial charge on any atom is 0.352 e. The van der Waals surface area contributed by atoms with Crippen LogP contribution in [-0.2, 0) is 31.1 Å². The van der Waals surface area contributed by atoms with Gasteiger partial charge in [0.2, 0.25) is 5.91 Å². The van der Waals surface area contributed by atoms with E-state index >= 15 is 0 Å². The van der Waals surface area contributed by atoms with Crippen molar-refractivity contribution in [1.82, 2.24) is 30.0 Å². The van der Waals surface area contributed by atoms with Crippen LogP contribution >= 0.6 is 34.9 Å². The summed E-state index contributed by atoms with van der Waals surface area (Å²) in [5, 5.41) is 23.5. The Kier molecular flexibility index (Phi) is 6.92. The summed E-state index contributed by atoms with van der Waals surface area (Å²) in [7, 11) is 2.58. The van der Waals surface area contributed by atoms with E-state index in [1.165, 1.54) is 14.2 Å². The highest BCUT2D eigenvalue weighted by atomic mass is 32.2. The molecular formula is C18H18N8O7S3. The van der Waals surface area contributed by atoms with Crippen molar-refractivity contribution in [3.8, 4) is 0 Å². The third-order valence-electron chi connectivity index (χ3n) is 5.21. The monoisotopic (exact) mass is 554 g/mol. The number of rotatable bonds is 8. The molecule has 36 heavy (non-hydrogen) atoms. The molecule has 2 aromatic heterocycles. The van der Waals surface area contributed by atoms with E-state index in [0.29, 0.717) is 0 Å². The number of nitrogens with zero attached hydrogens (tertiary/aromatic N) is 5. The number of H-pyrrole nitrogens is 1. The number of nitrogens with two attached hydrogens (primary N) is 1. The van der Waals surface area contributed by atoms with Crippen molar-refractivity contribution in [3.63, 3.8) is 0 Å². The van der Waals surface area contributed by atoms with Gasteiger partial charge in [0.25, 0.3) is 5.91 Å². The van der Waals surface area contributed by atoms with Gasteiger partial charge in [-0.2, -0.15) is 0 Å². The van der Waals surface area contributed by atoms with Gasteiger partial charge in [-0.3, -0.25) is 28.6 Å². The number of thiazole rings is 1. The number of hydrogen-bond acceptors (Lipinski definition) is 13. The highest BCUT2D eigenvalue weighted by Gasteiger charge is 2.56. The third kappa shape index (κ3) is 4.37. The van der Waals surface area contributed by atoms with E-state index in [2.05, 4.69) is 30.5 Å². The molecule has 0 saturated carbocycles. The van der Waals surface area contributed by atoms with Gasteiger partial charge in [-0.05, 0) is 0 Å². The van der Waals surface area contributed by atoms with Gasteiger partial charge in [-0.15, -0.1) is 16.4 Å². The van der Waals surface area contributed by atoms with Crippen molar-refractivity contribution in [2.24, 2.45) is 12.2 Å². The van der Waals surface area contributed by atoms with Crippen LogP contribution in [0.1, 0.15) is 12.1 Å². The fourth-order valence-corrected chi connectivity index (χ4v) is 7.06. The number of amides is 2. The second kappa shape index (κ2) is 9.78. The zero-order chi connectivity index (χ0) is 26.2. The number of aromatic amines is 1. The SMILES string of the molecule is CON=CC(=O)NC1(c2csc(N)n2)S[C@H]2CC(=O)N2C(C(=O)O)=C1CSc1n[nH]c(=O)c(=O)n1C. The smallest absolute Gasteiger partial charge is 0.352 e. The summed E-state index contributed by atoms with van der Waals surface area (Å²) >= 11 is 3.11. The number of carbonyl (C=O) groups excluding carboxylic acids is 2. The maximum absolute atomic E-state index is 12.8. The van der Waals surface area contributed by atoms with Crippen LogP contribution in [0.4, 0.5) is 5.13 Å². The van der Waals surface area contributed by atoms with Crippen LogP contribution < -0.4 is 22.2 Å². The molecule has 0 radical (unpaired) electrons. The summed E-state index contributed by atoms with van der Waals surface area (Å²) < 4.78 is 1.00. The second-order valence-electron chi connectivity index (χ2n) is 7.32. The summed E-state index contributed by atoms with van der Waals surface area (Å²) in [4.78, 5) is 69.7. The van der Waals surface area contributed by atoms with Crippen LogP contribution in [0.3, 0.4) is 0 Å². The fourth-order valence-electron chi connectivity index (χ4n) is 3.61. The van der Waals surface area contributed by atoms with Crippen LogP contribution in [0.5, 0.6) is 0 Å². The predicted molar refractivity (Wildman–Crippen MR) is 130 cm³/mol. The molecule has 0 aromatic carbocycles. The molecule has 0 spiro atoms. The van der Waals surface area contributed by atoms with Gasteiger partial charge in [-0.25, -0.2) is 14.9 Å². The van der Waals surface area contributed by atoms with Gasteiger partial charge in [-0.1, -0.05) is 28.7 Å². The normalized spacial score (nSPS) is 21.3. The average molecular weight is 555 g/mol. The van der Waals surface area contributed by atoms with Gasteiger partial charge < -0.3 is 21.0 Å². The molecule has 2 aromatic rings. The van der Waals surface area contributed by atoms with Crippen LogP contribution in [0.25, 0.3) is 0 Å². The van der Waals surface area contributed by atoms with E-state index in [1.54, 1.807) is 5.38 Å². The average Bonchev–Trinajstić information content (AvgIpc) is 3.27. The van der Waals surface area contributed by atoms with Gasteiger partial charge >= 0.3 is 17.1 Å². The van der Waals surface area contributed by atoms with Crippen molar-refractivity contribution >= 4 is 64.0 Å². The van der Waals surface area contributed by atoms with Gasteiger partial charge in [0, 0.05) is 23.8 Å². The quantitative estimate of drug-likeness (QED) is 0.1000. The van der Waals surface area contributed by atoms with Gasteiger partial charge in [0.15, 0.2) is 15.2 Å². The molecule has 2 atom stereocenters. The first kappa shape index (κ1) is 25.5. The number of carboxylic acids is 1. The third-order valence-corrected chi connectivity index (χ3v) is 8.51. The Balaban J connectivity index is 1.90. The number of carbonyl (C=O) groups is 3. The lowest BCUT2D eigenvalue weighted by Crippen LogP contribution is -2.61. The van der Waals surface area contributed by atoms with Crippen molar-refractivity contribution < 1.29 is 24.3 Å². The molecule has 18 heteroatoms. The topological polar surface area (TPSA) is 215 Å². The van der Waals surface area contributed by atoms with Crippen LogP contribution in [0.15, 0.2) is 36.6 Å². The molecule has 4 rings (SSSR count). The minimum absolute atomic E-state index is 0.0429. The number of nitrogen functional groups attached to an aromatic ring is 1. The van der Waals surface area contributed by atoms with E-state index < -0.39 is 39.1 Å². The minimum atomic E-state index is -1.57. The maximum atomic E-state index is 12.8. The van der Waals surface area contributed by atoms with Crippen molar-refractivity contribution in [3.05, 3.63) is 43.1 Å². The molecule has 1 saturated heterocycles. The van der Waals surface area contributed by atoms with Crippen LogP contribution in [-0.4, -0.2) is 72.0 Å². The Labute approximate surface area is 213 Å². The molecule has 1 unspecified atom stereocenters. The Morgan fingerprint density at radius 1 is 1.47 bits per heavy atom. The number of thioether (sulfide) groups is 2. The summed E-state index contributed by atoms with van der Waals surface area (Å²) in [6.45, 7) is 0. The number of nitrogens with one attached hydrogen (secondary N) is 2. The summed E-state index contributed by atoms with van der Waals surface area (Å²) in [5.74, 6) is -2.70. The fraction of sp³-hybridized carbons (Fsp3) is 0.333. The number of anilines is 1. The zero-order valence-electron chi connectivity index (χ0n) is 18.6. The molecule has 0 bridgehead atoms. The number of β-lactam (4-membered cyclic amide) rings is 1. The highest BCUT2D eigenvalue weighted by molar-refractivity contribution is 8.01. The Morgan fingerprint density at radius 2 is 2.22 bits per heavy atom. The number of hydrogen-bond donors (Lipinski definition) is 4. The van der Waals surface area contributed by atoms with Gasteiger partial charge in [0.05, 0.1) is 17.5 Å². The molecule has 1 fully saturated rings. The minimum Gasteiger partial charge on any atom is -0.477 e. The van der Waals surface area contributed by atoms with E-state index in [-0.39, 0.29) is 39.4 Å². The van der Waals surface area contributed by atoms with E-state index in [1.807, 2.05) is 0 Å². The van der Waals surface area contributed by atoms with E-state index in [4.69, 9.17) is 5.73 Å². The zero-order valence-corrected chi connectivity index (χ0v) is 21.0. The van der Waals surface area contributed by atoms with Gasteiger partial charge in [0.1, 0.15) is 19.0 Å². The van der Waals surface area contributed by atoms with Crippen molar-refractivity contribution in [2.45, 2.75) is 21.8 Å². The van der Waals surface area contributed by atoms with Crippen LogP contribution in [0.2, 0.25) is 0 Å². The molecule has 2 aliphatic heterocycles. The van der Waals surface area contributed by atoms with Crippen molar-refractivity contribution in [1.29, 1.82) is 0 Å². The molecule has 5 N–H and O–H groups in total. The Bertz CT molecular complexity index is 1430. The summed E-state index contributed by atoms with van der Waals surface area (Å²) in [6, 6.07) is 0. The molecule has 2 aliphatic rings. The Morgan fingerprint density at radius 3 is 2.83 bits per heavy atom. The molecule has 15 nitrogen and oxygen atoms in total. The number of fused-ring (bicyclic) bond motifs is 1. The van der Waals surface area contributed by atoms with E-state index in [0.717, 1.165) is 50.5 Å². The number of oxime groups is 1. The first-order valence-corrected chi connectivity index (χ1v) is 12.7. The van der Waals surface area contributed by atoms with E-state index in [9.17, 15) is 29.1 Å². The second-order valence-corrected chi connectivity index (χ2v) is 10.5. The molecule has 190 valence electrons. The largest absolute Gasteiger partial charge is 0.477 e. The lowest BCUT2D eigenvalue weighted by Gasteiger charge is -2.51. The molecular weight excluding hydrogens is 536 g/mol. The lowest BCUT2D eigenvalue weighted by atomic mass is 9.98. The number of aliphatic carboxylic acids is 1. The standard InChI is InChI=1S/C18H18N8O7S3/c1-25-14(30)13(29)23-24-17(25)35-5-7-12(15(31)32)26-10(28)3-11(26)36-18(7,8-6-34-16(19)21-8)22-9(27)4-20-33-2/h4,6,11H,3,5H2,1-2H3,(H2,19,21)(H,22,27)(H,23,29)(H,31,32)/t11-,18?/m0/s1.